The highest BCUT2D eigenvalue weighted by Crippen LogP contribution is 2.20. The summed E-state index contributed by atoms with van der Waals surface area (Å²) in [7, 11) is 0. The Morgan fingerprint density at radius 3 is 2.86 bits per heavy atom. The normalized spacial score (nSPS) is 21.6. The van der Waals surface area contributed by atoms with Gasteiger partial charge in [0.1, 0.15) is 5.82 Å². The van der Waals surface area contributed by atoms with Crippen LogP contribution in [0.15, 0.2) is 18.3 Å². The summed E-state index contributed by atoms with van der Waals surface area (Å²) in [5, 5.41) is 9.28. The zero-order valence-electron chi connectivity index (χ0n) is 7.55. The van der Waals surface area contributed by atoms with Crippen molar-refractivity contribution in [2.45, 2.75) is 12.5 Å². The first-order chi connectivity index (χ1) is 6.66. The maximum atomic E-state index is 11.4. The average Bonchev–Trinajstić information content (AvgIpc) is 2.47. The van der Waals surface area contributed by atoms with Crippen LogP contribution < -0.4 is 10.6 Å². The Labute approximate surface area is 81.2 Å². The molecule has 0 unspecified atom stereocenters. The molecule has 1 aliphatic rings. The molecule has 1 amide bonds. The van der Waals surface area contributed by atoms with Crippen molar-refractivity contribution in [2.75, 3.05) is 17.2 Å². The number of anilines is 2. The number of carbonyl (C=O) groups is 1. The molecule has 0 aromatic carbocycles. The van der Waals surface area contributed by atoms with Crippen LogP contribution in [-0.4, -0.2) is 28.6 Å². The van der Waals surface area contributed by atoms with Crippen LogP contribution in [0.4, 0.5) is 11.5 Å². The smallest absolute Gasteiger partial charge is 0.229 e. The second-order valence-corrected chi connectivity index (χ2v) is 3.30. The van der Waals surface area contributed by atoms with Gasteiger partial charge in [-0.25, -0.2) is 4.98 Å². The van der Waals surface area contributed by atoms with Crippen LogP contribution in [0.5, 0.6) is 0 Å². The third-order valence-corrected chi connectivity index (χ3v) is 2.19. The summed E-state index contributed by atoms with van der Waals surface area (Å²) in [4.78, 5) is 16.8. The third kappa shape index (κ3) is 1.54. The Bertz CT molecular complexity index is 350. The molecule has 1 aromatic heterocycles. The van der Waals surface area contributed by atoms with Crippen molar-refractivity contribution in [3.05, 3.63) is 18.3 Å². The molecular formula is C9H11N3O2. The van der Waals surface area contributed by atoms with Crippen LogP contribution >= 0.6 is 0 Å². The molecule has 1 atom stereocenters. The van der Waals surface area contributed by atoms with E-state index in [0.29, 0.717) is 18.1 Å². The van der Waals surface area contributed by atoms with Crippen LogP contribution in [0.25, 0.3) is 0 Å². The van der Waals surface area contributed by atoms with Gasteiger partial charge in [-0.15, -0.1) is 0 Å². The first-order valence-electron chi connectivity index (χ1n) is 4.37. The molecular weight excluding hydrogens is 182 g/mol. The Balaban J connectivity index is 2.23. The summed E-state index contributed by atoms with van der Waals surface area (Å²) in [6.07, 6.45) is 1.15. The van der Waals surface area contributed by atoms with Crippen LogP contribution in [0.1, 0.15) is 6.42 Å². The number of hydrogen-bond donors (Lipinski definition) is 2. The van der Waals surface area contributed by atoms with E-state index < -0.39 is 6.10 Å². The molecule has 5 heteroatoms. The summed E-state index contributed by atoms with van der Waals surface area (Å²) in [6.45, 7) is 0.338. The highest BCUT2D eigenvalue weighted by Gasteiger charge is 2.28. The highest BCUT2D eigenvalue weighted by atomic mass is 16.3. The number of rotatable bonds is 1. The number of amides is 1. The van der Waals surface area contributed by atoms with Gasteiger partial charge >= 0.3 is 0 Å². The standard InChI is InChI=1S/C9H11N3O2/c10-8-2-1-6(4-11-8)12-5-7(13)3-9(12)14/h1-2,4,7,13H,3,5H2,(H2,10,11)/t7-/m1/s1. The second-order valence-electron chi connectivity index (χ2n) is 3.30. The van der Waals surface area contributed by atoms with Gasteiger partial charge in [-0.05, 0) is 12.1 Å². The predicted molar refractivity (Wildman–Crippen MR) is 51.6 cm³/mol. The van der Waals surface area contributed by atoms with E-state index in [0.717, 1.165) is 0 Å². The second kappa shape index (κ2) is 3.26. The van der Waals surface area contributed by atoms with Gasteiger partial charge in [0.25, 0.3) is 0 Å². The summed E-state index contributed by atoms with van der Waals surface area (Å²) < 4.78 is 0. The molecule has 1 aromatic rings. The lowest BCUT2D eigenvalue weighted by Gasteiger charge is -2.14. The number of aromatic nitrogens is 1. The number of pyridine rings is 1. The molecule has 1 saturated heterocycles. The van der Waals surface area contributed by atoms with Gasteiger partial charge < -0.3 is 15.7 Å². The topological polar surface area (TPSA) is 79.5 Å². The Hall–Kier alpha value is -1.62. The van der Waals surface area contributed by atoms with Crippen molar-refractivity contribution in [3.63, 3.8) is 0 Å². The molecule has 0 bridgehead atoms. The van der Waals surface area contributed by atoms with Crippen molar-refractivity contribution < 1.29 is 9.90 Å². The van der Waals surface area contributed by atoms with Gasteiger partial charge in [0.15, 0.2) is 0 Å². The molecule has 1 fully saturated rings. The van der Waals surface area contributed by atoms with Crippen molar-refractivity contribution in [1.29, 1.82) is 0 Å². The van der Waals surface area contributed by atoms with Crippen LogP contribution in [-0.2, 0) is 4.79 Å². The Kier molecular flexibility index (Phi) is 2.09. The quantitative estimate of drug-likeness (QED) is 0.645. The fourth-order valence-electron chi connectivity index (χ4n) is 1.50. The molecule has 1 aliphatic heterocycles. The predicted octanol–water partition coefficient (Wildman–Crippen LogP) is -0.239. The average molecular weight is 193 g/mol. The van der Waals surface area contributed by atoms with E-state index in [2.05, 4.69) is 4.98 Å². The molecule has 5 nitrogen and oxygen atoms in total. The van der Waals surface area contributed by atoms with Crippen molar-refractivity contribution >= 4 is 17.4 Å². The largest absolute Gasteiger partial charge is 0.391 e. The third-order valence-electron chi connectivity index (χ3n) is 2.19. The molecule has 14 heavy (non-hydrogen) atoms. The van der Waals surface area contributed by atoms with E-state index in [1.165, 1.54) is 11.1 Å². The lowest BCUT2D eigenvalue weighted by atomic mass is 10.3. The van der Waals surface area contributed by atoms with E-state index in [1.807, 2.05) is 0 Å². The lowest BCUT2D eigenvalue weighted by molar-refractivity contribution is -0.117. The number of β-amino-alcohol motifs (C(OH)–C–C–N with tert-alkyl or cyclic N) is 1. The van der Waals surface area contributed by atoms with Crippen molar-refractivity contribution in [2.24, 2.45) is 0 Å². The van der Waals surface area contributed by atoms with Gasteiger partial charge in [0.05, 0.1) is 31.0 Å². The van der Waals surface area contributed by atoms with Gasteiger partial charge in [-0.3, -0.25) is 4.79 Å². The zero-order chi connectivity index (χ0) is 10.1. The Morgan fingerprint density at radius 2 is 2.36 bits per heavy atom. The van der Waals surface area contributed by atoms with E-state index >= 15 is 0 Å². The number of aliphatic hydroxyl groups excluding tert-OH is 1. The molecule has 0 radical (unpaired) electrons. The molecule has 2 rings (SSSR count). The summed E-state index contributed by atoms with van der Waals surface area (Å²) >= 11 is 0. The first-order valence-corrected chi connectivity index (χ1v) is 4.37. The number of aliphatic hydroxyl groups is 1. The SMILES string of the molecule is Nc1ccc(N2C[C@H](O)CC2=O)cn1. The monoisotopic (exact) mass is 193 g/mol. The van der Waals surface area contributed by atoms with E-state index in [1.54, 1.807) is 12.1 Å². The first kappa shape index (κ1) is 8.96. The lowest BCUT2D eigenvalue weighted by Crippen LogP contribution is -2.25. The highest BCUT2D eigenvalue weighted by molar-refractivity contribution is 5.95. The number of hydrogen-bond acceptors (Lipinski definition) is 4. The van der Waals surface area contributed by atoms with Gasteiger partial charge in [0, 0.05) is 0 Å². The summed E-state index contributed by atoms with van der Waals surface area (Å²) in [6, 6.07) is 3.35. The minimum Gasteiger partial charge on any atom is -0.391 e. The van der Waals surface area contributed by atoms with E-state index in [4.69, 9.17) is 5.73 Å². The molecule has 3 N–H and O–H groups in total. The van der Waals surface area contributed by atoms with Crippen LogP contribution in [0, 0.1) is 0 Å². The van der Waals surface area contributed by atoms with Gasteiger partial charge in [-0.2, -0.15) is 0 Å². The summed E-state index contributed by atoms with van der Waals surface area (Å²) in [5.74, 6) is 0.338. The maximum absolute atomic E-state index is 11.4. The van der Waals surface area contributed by atoms with E-state index in [9.17, 15) is 9.90 Å². The zero-order valence-corrected chi connectivity index (χ0v) is 7.55. The minimum absolute atomic E-state index is 0.0796. The van der Waals surface area contributed by atoms with Crippen LogP contribution in [0.2, 0.25) is 0 Å². The molecule has 2 heterocycles. The maximum Gasteiger partial charge on any atom is 0.229 e. The number of nitrogen functional groups attached to an aromatic ring is 1. The minimum atomic E-state index is -0.569. The van der Waals surface area contributed by atoms with Gasteiger partial charge in [0.2, 0.25) is 5.91 Å². The molecule has 74 valence electrons. The number of nitrogens with zero attached hydrogens (tertiary/aromatic N) is 2. The van der Waals surface area contributed by atoms with E-state index in [-0.39, 0.29) is 12.3 Å². The fraction of sp³-hybridized carbons (Fsp3) is 0.333. The molecule has 0 saturated carbocycles. The summed E-state index contributed by atoms with van der Waals surface area (Å²) in [5.41, 5.74) is 6.10. The fourth-order valence-corrected chi connectivity index (χ4v) is 1.50. The number of carbonyl (C=O) groups excluding carboxylic acids is 1. The number of nitrogens with two attached hydrogens (primary N) is 1. The molecule has 0 spiro atoms. The van der Waals surface area contributed by atoms with Crippen LogP contribution in [0.3, 0.4) is 0 Å². The Morgan fingerprint density at radius 1 is 1.57 bits per heavy atom. The van der Waals surface area contributed by atoms with Crippen molar-refractivity contribution in [3.8, 4) is 0 Å². The van der Waals surface area contributed by atoms with Crippen molar-refractivity contribution in [1.82, 2.24) is 4.98 Å². The van der Waals surface area contributed by atoms with Gasteiger partial charge in [-0.1, -0.05) is 0 Å². The molecule has 0 aliphatic carbocycles.